The number of hydrogen-bond acceptors (Lipinski definition) is 3. The van der Waals surface area contributed by atoms with E-state index in [1.54, 1.807) is 7.11 Å². The maximum atomic E-state index is 13.3. The molecule has 0 saturated heterocycles. The van der Waals surface area contributed by atoms with Crippen molar-refractivity contribution in [3.63, 3.8) is 0 Å². The molecule has 224 valence electrons. The summed E-state index contributed by atoms with van der Waals surface area (Å²) in [6.45, 7) is 16.7. The first kappa shape index (κ1) is 30.0. The molecule has 0 spiro atoms. The van der Waals surface area contributed by atoms with Gasteiger partial charge in [-0.3, -0.25) is 0 Å². The van der Waals surface area contributed by atoms with Gasteiger partial charge in [0.15, 0.2) is 0 Å². The van der Waals surface area contributed by atoms with E-state index in [9.17, 15) is 4.79 Å². The van der Waals surface area contributed by atoms with Crippen molar-refractivity contribution in [2.75, 3.05) is 7.11 Å². The summed E-state index contributed by atoms with van der Waals surface area (Å²) in [5, 5.41) is 0. The molecular weight excluding hydrogens is 492 g/mol. The highest BCUT2D eigenvalue weighted by Crippen LogP contribution is 2.68. The summed E-state index contributed by atoms with van der Waals surface area (Å²) in [6.07, 6.45) is 16.0. The van der Waals surface area contributed by atoms with Crippen LogP contribution in [0.1, 0.15) is 133 Å². The van der Waals surface area contributed by atoms with Crippen LogP contribution in [0.3, 0.4) is 0 Å². The number of benzene rings is 1. The molecule has 3 heteroatoms. The van der Waals surface area contributed by atoms with Crippen LogP contribution in [0.25, 0.3) is 0 Å². The van der Waals surface area contributed by atoms with E-state index in [2.05, 4.69) is 40.7 Å². The predicted molar refractivity (Wildman–Crippen MR) is 165 cm³/mol. The van der Waals surface area contributed by atoms with Gasteiger partial charge in [-0.05, 0) is 141 Å². The van der Waals surface area contributed by atoms with Crippen molar-refractivity contribution in [2.24, 2.45) is 52.3 Å². The summed E-state index contributed by atoms with van der Waals surface area (Å²) in [5.74, 6) is 6.45. The summed E-state index contributed by atoms with van der Waals surface area (Å²) in [6, 6.07) is 3.99. The SMILES string of the molecule is COc1c(C)cc(C)cc1C(=O)OC1CCC2(C)C(CCC3C2CCC2(C)C(C(C)CCCC(C)C)CCC32)C1. The molecule has 4 fully saturated rings. The molecule has 0 aliphatic heterocycles. The van der Waals surface area contributed by atoms with Gasteiger partial charge in [0.25, 0.3) is 0 Å². The van der Waals surface area contributed by atoms with Gasteiger partial charge in [-0.1, -0.05) is 59.9 Å². The molecule has 1 aromatic rings. The second-order valence-electron chi connectivity index (χ2n) is 15.7. The Balaban J connectivity index is 1.23. The van der Waals surface area contributed by atoms with Crippen molar-refractivity contribution in [3.8, 4) is 5.75 Å². The zero-order valence-electron chi connectivity index (χ0n) is 27.0. The quantitative estimate of drug-likeness (QED) is 0.302. The summed E-state index contributed by atoms with van der Waals surface area (Å²) in [5.41, 5.74) is 3.61. The molecule has 9 unspecified atom stereocenters. The summed E-state index contributed by atoms with van der Waals surface area (Å²) in [7, 11) is 1.65. The van der Waals surface area contributed by atoms with Gasteiger partial charge in [0.1, 0.15) is 17.4 Å². The average molecular weight is 551 g/mol. The highest BCUT2D eigenvalue weighted by Gasteiger charge is 2.60. The van der Waals surface area contributed by atoms with Gasteiger partial charge in [0.05, 0.1) is 7.11 Å². The fourth-order valence-electron chi connectivity index (χ4n) is 10.9. The molecule has 0 aromatic heterocycles. The minimum atomic E-state index is -0.209. The van der Waals surface area contributed by atoms with Gasteiger partial charge in [-0.15, -0.1) is 0 Å². The van der Waals surface area contributed by atoms with Crippen LogP contribution >= 0.6 is 0 Å². The lowest BCUT2D eigenvalue weighted by Crippen LogP contribution is -2.54. The number of hydrogen-bond donors (Lipinski definition) is 0. The van der Waals surface area contributed by atoms with E-state index >= 15 is 0 Å². The third kappa shape index (κ3) is 5.37. The molecule has 4 saturated carbocycles. The maximum Gasteiger partial charge on any atom is 0.342 e. The maximum absolute atomic E-state index is 13.3. The van der Waals surface area contributed by atoms with Crippen LogP contribution in [0.4, 0.5) is 0 Å². The molecule has 0 N–H and O–H groups in total. The summed E-state index contributed by atoms with van der Waals surface area (Å²) < 4.78 is 11.8. The highest BCUT2D eigenvalue weighted by atomic mass is 16.5. The number of carbonyl (C=O) groups is 1. The van der Waals surface area contributed by atoms with E-state index in [1.165, 1.54) is 64.2 Å². The Morgan fingerprint density at radius 1 is 0.925 bits per heavy atom. The molecule has 1 aromatic carbocycles. The number of methoxy groups -OCH3 is 1. The topological polar surface area (TPSA) is 35.5 Å². The van der Waals surface area contributed by atoms with Gasteiger partial charge < -0.3 is 9.47 Å². The number of esters is 1. The van der Waals surface area contributed by atoms with Crippen molar-refractivity contribution in [1.82, 2.24) is 0 Å². The second kappa shape index (κ2) is 11.6. The molecule has 3 nitrogen and oxygen atoms in total. The minimum absolute atomic E-state index is 0.0315. The van der Waals surface area contributed by atoms with Crippen molar-refractivity contribution in [3.05, 3.63) is 28.8 Å². The summed E-state index contributed by atoms with van der Waals surface area (Å²) >= 11 is 0. The Labute approximate surface area is 245 Å². The Kier molecular flexibility index (Phi) is 8.72. The first-order valence-corrected chi connectivity index (χ1v) is 16.8. The predicted octanol–water partition coefficient (Wildman–Crippen LogP) is 9.96. The van der Waals surface area contributed by atoms with Gasteiger partial charge in [0, 0.05) is 0 Å². The van der Waals surface area contributed by atoms with Crippen LogP contribution in [0.5, 0.6) is 5.75 Å². The molecule has 40 heavy (non-hydrogen) atoms. The number of aryl methyl sites for hydroxylation is 2. The van der Waals surface area contributed by atoms with E-state index in [4.69, 9.17) is 9.47 Å². The second-order valence-corrected chi connectivity index (χ2v) is 15.7. The van der Waals surface area contributed by atoms with E-state index in [1.807, 2.05) is 19.9 Å². The number of ether oxygens (including phenoxy) is 2. The molecule has 4 aliphatic rings. The molecule has 0 amide bonds. The Bertz CT molecular complexity index is 1060. The van der Waals surface area contributed by atoms with Gasteiger partial charge in [-0.2, -0.15) is 0 Å². The largest absolute Gasteiger partial charge is 0.496 e. The van der Waals surface area contributed by atoms with Gasteiger partial charge >= 0.3 is 5.97 Å². The zero-order chi connectivity index (χ0) is 28.8. The minimum Gasteiger partial charge on any atom is -0.496 e. The lowest BCUT2D eigenvalue weighted by atomic mass is 9.44. The van der Waals surface area contributed by atoms with Crippen LogP contribution in [0, 0.1) is 66.1 Å². The Morgan fingerprint density at radius 2 is 1.65 bits per heavy atom. The lowest BCUT2D eigenvalue weighted by molar-refractivity contribution is -0.130. The van der Waals surface area contributed by atoms with Gasteiger partial charge in [0.2, 0.25) is 0 Å². The van der Waals surface area contributed by atoms with E-state index < -0.39 is 0 Å². The average Bonchev–Trinajstić information content (AvgIpc) is 3.25. The highest BCUT2D eigenvalue weighted by molar-refractivity contribution is 5.93. The van der Waals surface area contributed by atoms with Crippen LogP contribution < -0.4 is 4.74 Å². The molecule has 5 rings (SSSR count). The Hall–Kier alpha value is -1.51. The van der Waals surface area contributed by atoms with Gasteiger partial charge in [-0.25, -0.2) is 4.79 Å². The third-order valence-electron chi connectivity index (χ3n) is 12.9. The number of fused-ring (bicyclic) bond motifs is 5. The lowest BCUT2D eigenvalue weighted by Gasteiger charge is -2.61. The number of carbonyl (C=O) groups excluding carboxylic acids is 1. The van der Waals surface area contributed by atoms with Crippen molar-refractivity contribution < 1.29 is 14.3 Å². The Morgan fingerprint density at radius 3 is 2.38 bits per heavy atom. The van der Waals surface area contributed by atoms with Crippen LogP contribution in [-0.2, 0) is 4.74 Å². The molecule has 4 aliphatic carbocycles. The molecule has 9 atom stereocenters. The van der Waals surface area contributed by atoms with E-state index in [0.717, 1.165) is 59.5 Å². The molecule has 0 bridgehead atoms. The smallest absolute Gasteiger partial charge is 0.342 e. The van der Waals surface area contributed by atoms with Crippen LogP contribution in [-0.4, -0.2) is 19.2 Å². The fraction of sp³-hybridized carbons (Fsp3) is 0.811. The van der Waals surface area contributed by atoms with E-state index in [0.29, 0.717) is 28.1 Å². The van der Waals surface area contributed by atoms with Crippen molar-refractivity contribution in [2.45, 2.75) is 132 Å². The molecule has 0 radical (unpaired) electrons. The van der Waals surface area contributed by atoms with Crippen molar-refractivity contribution >= 4 is 5.97 Å². The third-order valence-corrected chi connectivity index (χ3v) is 12.9. The fourth-order valence-corrected chi connectivity index (χ4v) is 10.9. The monoisotopic (exact) mass is 550 g/mol. The van der Waals surface area contributed by atoms with Crippen LogP contribution in [0.15, 0.2) is 12.1 Å². The van der Waals surface area contributed by atoms with E-state index in [-0.39, 0.29) is 12.1 Å². The number of rotatable bonds is 8. The molecular formula is C37H58O3. The summed E-state index contributed by atoms with van der Waals surface area (Å²) in [4.78, 5) is 13.3. The first-order chi connectivity index (χ1) is 19.0. The normalized spacial score (nSPS) is 37.8. The standard InChI is InChI=1S/C37H58O3/c1-23(2)10-9-11-25(4)31-14-15-32-29-13-12-27-22-28(16-18-36(27,6)33(29)17-19-37(31,32)7)40-35(38)30-21-24(3)20-26(5)34(30)39-8/h20-21,23,25,27-29,31-33H,9-19,22H2,1-8H3. The zero-order valence-corrected chi connectivity index (χ0v) is 27.0. The molecule has 0 heterocycles. The first-order valence-electron chi connectivity index (χ1n) is 16.8. The van der Waals surface area contributed by atoms with Crippen LogP contribution in [0.2, 0.25) is 0 Å². The van der Waals surface area contributed by atoms with Crippen molar-refractivity contribution in [1.29, 1.82) is 0 Å².